The summed E-state index contributed by atoms with van der Waals surface area (Å²) in [7, 11) is 0. The molecule has 1 aromatic heterocycles. The third kappa shape index (κ3) is 2.26. The van der Waals surface area contributed by atoms with Crippen LogP contribution in [0.3, 0.4) is 0 Å². The van der Waals surface area contributed by atoms with Crippen LogP contribution in [0.5, 0.6) is 0 Å². The third-order valence-electron chi connectivity index (χ3n) is 3.29. The highest BCUT2D eigenvalue weighted by Crippen LogP contribution is 2.25. The number of alkyl halides is 1. The Morgan fingerprint density at radius 1 is 1.19 bits per heavy atom. The van der Waals surface area contributed by atoms with Crippen LogP contribution in [0.4, 0.5) is 4.39 Å². The van der Waals surface area contributed by atoms with E-state index in [1.807, 2.05) is 12.1 Å². The maximum atomic E-state index is 13.9. The van der Waals surface area contributed by atoms with Gasteiger partial charge in [-0.05, 0) is 24.3 Å². The summed E-state index contributed by atoms with van der Waals surface area (Å²) in [4.78, 5) is 4.35. The van der Waals surface area contributed by atoms with Crippen molar-refractivity contribution in [2.45, 2.75) is 6.42 Å². The first kappa shape index (κ1) is 13.6. The number of hydrogen-bond donors (Lipinski definition) is 0. The fraction of sp³-hybridized carbons (Fsp3) is 0.125. The van der Waals surface area contributed by atoms with E-state index in [2.05, 4.69) is 11.1 Å². The van der Waals surface area contributed by atoms with Crippen LogP contribution in [0.15, 0.2) is 42.5 Å². The molecule has 0 radical (unpaired) electrons. The van der Waals surface area contributed by atoms with Crippen molar-refractivity contribution in [3.63, 3.8) is 0 Å². The Morgan fingerprint density at radius 3 is 2.76 bits per heavy atom. The average molecular weight is 300 g/mol. The van der Waals surface area contributed by atoms with Crippen molar-refractivity contribution in [1.29, 1.82) is 5.26 Å². The molecule has 2 aromatic carbocycles. The summed E-state index contributed by atoms with van der Waals surface area (Å²) in [6, 6.07) is 14.1. The molecule has 0 N–H and O–H groups in total. The van der Waals surface area contributed by atoms with Crippen molar-refractivity contribution >= 4 is 22.6 Å². The smallest absolute Gasteiger partial charge is 0.151 e. The Hall–Kier alpha value is -2.38. The molecule has 0 aliphatic heterocycles. The van der Waals surface area contributed by atoms with Crippen LogP contribution in [-0.2, 0) is 6.42 Å². The Morgan fingerprint density at radius 2 is 2.00 bits per heavy atom. The Bertz CT molecular complexity index is 848. The van der Waals surface area contributed by atoms with E-state index in [1.54, 1.807) is 28.8 Å². The molecule has 0 aliphatic carbocycles. The first-order valence-corrected chi connectivity index (χ1v) is 7.01. The molecule has 5 heteroatoms. The lowest BCUT2D eigenvalue weighted by molar-refractivity contribution is 0.637. The predicted molar refractivity (Wildman–Crippen MR) is 80.2 cm³/mol. The number of imidazole rings is 1. The van der Waals surface area contributed by atoms with Gasteiger partial charge in [0.25, 0.3) is 0 Å². The number of halogens is 2. The number of para-hydroxylation sites is 2. The normalized spacial score (nSPS) is 10.7. The van der Waals surface area contributed by atoms with Crippen molar-refractivity contribution in [1.82, 2.24) is 9.55 Å². The van der Waals surface area contributed by atoms with Gasteiger partial charge in [-0.2, -0.15) is 5.26 Å². The zero-order valence-corrected chi connectivity index (χ0v) is 11.8. The molecule has 1 heterocycles. The number of fused-ring (bicyclic) bond motifs is 1. The number of nitriles is 1. The average Bonchev–Trinajstić information content (AvgIpc) is 2.87. The van der Waals surface area contributed by atoms with Crippen LogP contribution in [0, 0.1) is 17.1 Å². The van der Waals surface area contributed by atoms with Crippen molar-refractivity contribution in [3.05, 3.63) is 59.7 Å². The van der Waals surface area contributed by atoms with Gasteiger partial charge in [-0.15, -0.1) is 11.6 Å². The van der Waals surface area contributed by atoms with Crippen LogP contribution >= 0.6 is 11.6 Å². The molecule has 21 heavy (non-hydrogen) atoms. The molecular weight excluding hydrogens is 289 g/mol. The van der Waals surface area contributed by atoms with Gasteiger partial charge in [0, 0.05) is 12.3 Å². The van der Waals surface area contributed by atoms with Gasteiger partial charge in [0.15, 0.2) is 5.82 Å². The monoisotopic (exact) mass is 299 g/mol. The van der Waals surface area contributed by atoms with E-state index in [9.17, 15) is 9.65 Å². The fourth-order valence-corrected chi connectivity index (χ4v) is 2.57. The first-order valence-electron chi connectivity index (χ1n) is 6.47. The van der Waals surface area contributed by atoms with Crippen LogP contribution in [0.1, 0.15) is 11.4 Å². The van der Waals surface area contributed by atoms with E-state index in [4.69, 9.17) is 11.6 Å². The van der Waals surface area contributed by atoms with Crippen molar-refractivity contribution in [2.75, 3.05) is 5.88 Å². The summed E-state index contributed by atoms with van der Waals surface area (Å²) in [5, 5.41) is 9.28. The van der Waals surface area contributed by atoms with E-state index in [-0.39, 0.29) is 5.82 Å². The van der Waals surface area contributed by atoms with Gasteiger partial charge in [0.1, 0.15) is 17.4 Å². The minimum Gasteiger partial charge on any atom is -0.295 e. The number of benzene rings is 2. The van der Waals surface area contributed by atoms with Gasteiger partial charge in [-0.25, -0.2) is 9.37 Å². The van der Waals surface area contributed by atoms with E-state index in [0.717, 1.165) is 0 Å². The fourth-order valence-electron chi connectivity index (χ4n) is 2.40. The van der Waals surface area contributed by atoms with Gasteiger partial charge in [-0.1, -0.05) is 18.2 Å². The number of hydrogen-bond acceptors (Lipinski definition) is 2. The van der Waals surface area contributed by atoms with E-state index < -0.39 is 0 Å². The van der Waals surface area contributed by atoms with E-state index >= 15 is 0 Å². The van der Waals surface area contributed by atoms with Crippen molar-refractivity contribution < 1.29 is 4.39 Å². The standard InChI is InChI=1S/C16H11ClFN3/c17-9-8-15-20-16-12(18)5-3-7-14(16)21(15)13-6-2-1-4-11(13)10-19/h1-7H,8-9H2. The molecule has 0 aliphatic rings. The molecule has 0 spiro atoms. The lowest BCUT2D eigenvalue weighted by atomic mass is 10.2. The molecule has 3 rings (SSSR count). The molecule has 0 bridgehead atoms. The molecule has 104 valence electrons. The van der Waals surface area contributed by atoms with Crippen molar-refractivity contribution in [3.8, 4) is 11.8 Å². The second-order valence-electron chi connectivity index (χ2n) is 4.54. The zero-order chi connectivity index (χ0) is 14.8. The number of nitrogens with zero attached hydrogens (tertiary/aromatic N) is 3. The van der Waals surface area contributed by atoms with Gasteiger partial charge in [0.05, 0.1) is 16.8 Å². The van der Waals surface area contributed by atoms with E-state index in [0.29, 0.717) is 40.4 Å². The highest BCUT2D eigenvalue weighted by Gasteiger charge is 2.16. The van der Waals surface area contributed by atoms with Crippen LogP contribution < -0.4 is 0 Å². The number of aromatic nitrogens is 2. The molecule has 0 saturated carbocycles. The summed E-state index contributed by atoms with van der Waals surface area (Å²) in [5.74, 6) is 0.643. The summed E-state index contributed by atoms with van der Waals surface area (Å²) in [6.07, 6.45) is 0.495. The van der Waals surface area contributed by atoms with Gasteiger partial charge in [0.2, 0.25) is 0 Å². The highest BCUT2D eigenvalue weighted by molar-refractivity contribution is 6.17. The molecule has 3 nitrogen and oxygen atoms in total. The number of aryl methyl sites for hydroxylation is 1. The van der Waals surface area contributed by atoms with Gasteiger partial charge >= 0.3 is 0 Å². The third-order valence-corrected chi connectivity index (χ3v) is 3.48. The van der Waals surface area contributed by atoms with Crippen LogP contribution in [0.2, 0.25) is 0 Å². The van der Waals surface area contributed by atoms with Crippen LogP contribution in [0.25, 0.3) is 16.7 Å². The van der Waals surface area contributed by atoms with E-state index in [1.165, 1.54) is 6.07 Å². The minimum absolute atomic E-state index is 0.297. The zero-order valence-electron chi connectivity index (χ0n) is 11.1. The SMILES string of the molecule is N#Cc1ccccc1-n1c(CCCl)nc2c(F)cccc21. The molecule has 0 saturated heterocycles. The molecule has 0 amide bonds. The summed E-state index contributed by atoms with van der Waals surface area (Å²) < 4.78 is 15.7. The summed E-state index contributed by atoms with van der Waals surface area (Å²) in [5.41, 5.74) is 2.13. The number of rotatable bonds is 3. The second kappa shape index (κ2) is 5.55. The summed E-state index contributed by atoms with van der Waals surface area (Å²) in [6.45, 7) is 0. The van der Waals surface area contributed by atoms with Gasteiger partial charge in [-0.3, -0.25) is 4.57 Å². The topological polar surface area (TPSA) is 41.6 Å². The first-order chi connectivity index (χ1) is 10.3. The highest BCUT2D eigenvalue weighted by atomic mass is 35.5. The second-order valence-corrected chi connectivity index (χ2v) is 4.92. The molecule has 3 aromatic rings. The minimum atomic E-state index is -0.378. The Labute approximate surface area is 126 Å². The maximum Gasteiger partial charge on any atom is 0.151 e. The molecule has 0 unspecified atom stereocenters. The van der Waals surface area contributed by atoms with Crippen LogP contribution in [-0.4, -0.2) is 15.4 Å². The lowest BCUT2D eigenvalue weighted by Gasteiger charge is -2.10. The van der Waals surface area contributed by atoms with Crippen molar-refractivity contribution in [2.24, 2.45) is 0 Å². The largest absolute Gasteiger partial charge is 0.295 e. The lowest BCUT2D eigenvalue weighted by Crippen LogP contribution is -2.04. The quantitative estimate of drug-likeness (QED) is 0.690. The Kier molecular flexibility index (Phi) is 3.59. The van der Waals surface area contributed by atoms with Gasteiger partial charge < -0.3 is 0 Å². The maximum absolute atomic E-state index is 13.9. The molecule has 0 fully saturated rings. The molecular formula is C16H11ClFN3. The Balaban J connectivity index is 2.37. The summed E-state index contributed by atoms with van der Waals surface area (Å²) >= 11 is 5.82. The predicted octanol–water partition coefficient (Wildman–Crippen LogP) is 3.82. The molecule has 0 atom stereocenters.